The summed E-state index contributed by atoms with van der Waals surface area (Å²) in [4.78, 5) is 18.3. The fraction of sp³-hybridized carbons (Fsp3) is 0.174. The van der Waals surface area contributed by atoms with E-state index in [1.807, 2.05) is 54.6 Å². The van der Waals surface area contributed by atoms with Crippen LogP contribution in [0.3, 0.4) is 0 Å². The van der Waals surface area contributed by atoms with Crippen LogP contribution in [0.1, 0.15) is 22.0 Å². The van der Waals surface area contributed by atoms with Crippen LogP contribution in [0.25, 0.3) is 21.7 Å². The summed E-state index contributed by atoms with van der Waals surface area (Å²) >= 11 is 6.20. The zero-order valence-electron chi connectivity index (χ0n) is 15.8. The summed E-state index contributed by atoms with van der Waals surface area (Å²) < 4.78 is 5.27. The monoisotopic (exact) mass is 406 g/mol. The number of hydrogen-bond acceptors (Lipinski definition) is 3. The maximum Gasteiger partial charge on any atom is 0.274 e. The minimum atomic E-state index is -0.149. The number of rotatable bonds is 3. The first kappa shape index (κ1) is 17.9. The van der Waals surface area contributed by atoms with Crippen molar-refractivity contribution in [2.24, 2.45) is 0 Å². The molecule has 29 heavy (non-hydrogen) atoms. The molecule has 4 aromatic rings. The molecule has 0 fully saturated rings. The van der Waals surface area contributed by atoms with Gasteiger partial charge in [-0.05, 0) is 35.7 Å². The van der Waals surface area contributed by atoms with Gasteiger partial charge in [0.1, 0.15) is 17.2 Å². The fourth-order valence-electron chi connectivity index (χ4n) is 4.18. The number of phenols is 1. The van der Waals surface area contributed by atoms with Crippen molar-refractivity contribution >= 4 is 44.9 Å². The molecule has 5 rings (SSSR count). The van der Waals surface area contributed by atoms with Gasteiger partial charge >= 0.3 is 0 Å². The molecular formula is C23H19ClN2O3. The van der Waals surface area contributed by atoms with E-state index >= 15 is 0 Å². The topological polar surface area (TPSA) is 65.6 Å². The minimum Gasteiger partial charge on any atom is -0.507 e. The Morgan fingerprint density at radius 3 is 2.83 bits per heavy atom. The van der Waals surface area contributed by atoms with E-state index in [-0.39, 0.29) is 17.6 Å². The zero-order valence-corrected chi connectivity index (χ0v) is 16.5. The second-order valence-corrected chi connectivity index (χ2v) is 7.59. The second kappa shape index (κ2) is 6.71. The van der Waals surface area contributed by atoms with E-state index in [0.29, 0.717) is 23.8 Å². The number of halogens is 1. The highest BCUT2D eigenvalue weighted by atomic mass is 35.5. The van der Waals surface area contributed by atoms with Crippen LogP contribution >= 0.6 is 11.6 Å². The Bertz CT molecular complexity index is 1260. The second-order valence-electron chi connectivity index (χ2n) is 7.28. The molecule has 0 aliphatic carbocycles. The molecule has 146 valence electrons. The van der Waals surface area contributed by atoms with Crippen LogP contribution in [0.2, 0.25) is 0 Å². The van der Waals surface area contributed by atoms with E-state index in [4.69, 9.17) is 16.3 Å². The molecule has 0 radical (unpaired) electrons. The van der Waals surface area contributed by atoms with Gasteiger partial charge in [-0.2, -0.15) is 0 Å². The third kappa shape index (κ3) is 2.73. The Hall–Kier alpha value is -3.18. The summed E-state index contributed by atoms with van der Waals surface area (Å²) in [6, 6.07) is 17.0. The molecule has 0 spiro atoms. The van der Waals surface area contributed by atoms with Crippen molar-refractivity contribution in [3.63, 3.8) is 0 Å². The summed E-state index contributed by atoms with van der Waals surface area (Å²) in [5, 5.41) is 13.5. The Morgan fingerprint density at radius 1 is 1.21 bits per heavy atom. The van der Waals surface area contributed by atoms with Crippen molar-refractivity contribution in [2.75, 3.05) is 24.4 Å². The highest BCUT2D eigenvalue weighted by Gasteiger charge is 2.36. The Labute approximate surface area is 172 Å². The average molecular weight is 407 g/mol. The number of aromatic amines is 1. The lowest BCUT2D eigenvalue weighted by atomic mass is 9.97. The maximum atomic E-state index is 13.4. The number of alkyl halides is 1. The molecule has 0 bridgehead atoms. The molecule has 1 unspecified atom stereocenters. The lowest BCUT2D eigenvalue weighted by Crippen LogP contribution is -2.30. The van der Waals surface area contributed by atoms with Crippen molar-refractivity contribution in [1.29, 1.82) is 0 Å². The molecule has 1 amide bonds. The number of carbonyl (C=O) groups excluding carboxylic acids is 1. The highest BCUT2D eigenvalue weighted by Crippen LogP contribution is 2.46. The smallest absolute Gasteiger partial charge is 0.274 e. The van der Waals surface area contributed by atoms with Crippen molar-refractivity contribution in [1.82, 2.24) is 4.98 Å². The van der Waals surface area contributed by atoms with Gasteiger partial charge in [0, 0.05) is 40.2 Å². The maximum absolute atomic E-state index is 13.4. The number of aromatic hydroxyl groups is 1. The number of phenolic OH excluding ortho intramolecular Hbond substituents is 1. The van der Waals surface area contributed by atoms with E-state index in [1.54, 1.807) is 12.0 Å². The lowest BCUT2D eigenvalue weighted by molar-refractivity contribution is 0.0984. The van der Waals surface area contributed by atoms with Gasteiger partial charge < -0.3 is 19.7 Å². The summed E-state index contributed by atoms with van der Waals surface area (Å²) in [5.41, 5.74) is 2.81. The molecule has 1 aromatic heterocycles. The Morgan fingerprint density at radius 2 is 2.03 bits per heavy atom. The average Bonchev–Trinajstić information content (AvgIpc) is 3.34. The quantitative estimate of drug-likeness (QED) is 0.469. The van der Waals surface area contributed by atoms with Crippen LogP contribution < -0.4 is 9.64 Å². The van der Waals surface area contributed by atoms with Gasteiger partial charge in [-0.25, -0.2) is 0 Å². The highest BCUT2D eigenvalue weighted by molar-refractivity contribution is 6.19. The van der Waals surface area contributed by atoms with E-state index < -0.39 is 0 Å². The van der Waals surface area contributed by atoms with Gasteiger partial charge in [0.2, 0.25) is 0 Å². The van der Waals surface area contributed by atoms with Gasteiger partial charge in [-0.15, -0.1) is 11.6 Å². The molecule has 0 saturated heterocycles. The molecule has 1 aliphatic rings. The normalized spacial score (nSPS) is 15.8. The molecule has 6 heteroatoms. The summed E-state index contributed by atoms with van der Waals surface area (Å²) in [6.07, 6.45) is 0. The van der Waals surface area contributed by atoms with Gasteiger partial charge in [0.05, 0.1) is 12.8 Å². The molecule has 1 atom stereocenters. The molecule has 3 aromatic carbocycles. The number of aromatic nitrogens is 1. The van der Waals surface area contributed by atoms with Gasteiger partial charge in [-0.3, -0.25) is 4.79 Å². The number of amides is 1. The Balaban J connectivity index is 1.62. The number of methoxy groups -OCH3 is 1. The number of carbonyl (C=O) groups is 1. The standard InChI is InChI=1S/C23H19ClN2O3/c1-29-16-6-7-18-14(8-16)9-19(25-18)23(28)26-12-15(11-24)21-20(26)10-13-4-2-3-5-17(13)22(21)27/h2-10,15,25,27H,11-12H2,1H3. The minimum absolute atomic E-state index is 0.121. The van der Waals surface area contributed by atoms with E-state index in [9.17, 15) is 9.90 Å². The number of fused-ring (bicyclic) bond motifs is 3. The first-order valence-electron chi connectivity index (χ1n) is 9.40. The van der Waals surface area contributed by atoms with E-state index in [1.165, 1.54) is 0 Å². The predicted molar refractivity (Wildman–Crippen MR) is 116 cm³/mol. The molecule has 1 aliphatic heterocycles. The van der Waals surface area contributed by atoms with Crippen molar-refractivity contribution < 1.29 is 14.6 Å². The summed E-state index contributed by atoms with van der Waals surface area (Å²) in [7, 11) is 1.62. The number of anilines is 1. The Kier molecular flexibility index (Phi) is 4.14. The number of hydrogen-bond donors (Lipinski definition) is 2. The molecule has 2 heterocycles. The van der Waals surface area contributed by atoms with Gasteiger partial charge in [0.25, 0.3) is 5.91 Å². The summed E-state index contributed by atoms with van der Waals surface area (Å²) in [6.45, 7) is 0.431. The van der Waals surface area contributed by atoms with Crippen LogP contribution in [0.15, 0.2) is 54.6 Å². The van der Waals surface area contributed by atoms with E-state index in [0.717, 1.165) is 33.0 Å². The van der Waals surface area contributed by atoms with Crippen LogP contribution in [-0.4, -0.2) is 35.5 Å². The molecule has 5 nitrogen and oxygen atoms in total. The van der Waals surface area contributed by atoms with Crippen LogP contribution in [-0.2, 0) is 0 Å². The SMILES string of the molecule is COc1ccc2[nH]c(C(=O)N3CC(CCl)c4c3cc3ccccc3c4O)cc2c1. The lowest BCUT2D eigenvalue weighted by Gasteiger charge is -2.17. The number of benzene rings is 3. The van der Waals surface area contributed by atoms with Gasteiger partial charge in [0.15, 0.2) is 0 Å². The zero-order chi connectivity index (χ0) is 20.1. The number of H-pyrrole nitrogens is 1. The van der Waals surface area contributed by atoms with Crippen molar-refractivity contribution in [3.8, 4) is 11.5 Å². The van der Waals surface area contributed by atoms with Crippen LogP contribution in [0, 0.1) is 0 Å². The predicted octanol–water partition coefficient (Wildman–Crippen LogP) is 5.02. The first-order valence-corrected chi connectivity index (χ1v) is 9.93. The molecule has 2 N–H and O–H groups in total. The van der Waals surface area contributed by atoms with Crippen molar-refractivity contribution in [2.45, 2.75) is 5.92 Å². The van der Waals surface area contributed by atoms with Crippen LogP contribution in [0.4, 0.5) is 5.69 Å². The fourth-order valence-corrected chi connectivity index (χ4v) is 4.43. The summed E-state index contributed by atoms with van der Waals surface area (Å²) in [5.74, 6) is 1.00. The van der Waals surface area contributed by atoms with Gasteiger partial charge in [-0.1, -0.05) is 24.3 Å². The number of ether oxygens (including phenoxy) is 1. The third-order valence-electron chi connectivity index (χ3n) is 5.63. The third-order valence-corrected chi connectivity index (χ3v) is 6.00. The largest absolute Gasteiger partial charge is 0.507 e. The van der Waals surface area contributed by atoms with Crippen LogP contribution in [0.5, 0.6) is 11.5 Å². The first-order chi connectivity index (χ1) is 14.1. The number of nitrogens with zero attached hydrogens (tertiary/aromatic N) is 1. The van der Waals surface area contributed by atoms with Crippen molar-refractivity contribution in [3.05, 3.63) is 65.9 Å². The van der Waals surface area contributed by atoms with E-state index in [2.05, 4.69) is 4.98 Å². The molecular weight excluding hydrogens is 388 g/mol. The molecule has 0 saturated carbocycles. The number of nitrogens with one attached hydrogen (secondary N) is 1.